The van der Waals surface area contributed by atoms with Crippen LogP contribution in [0.4, 0.5) is 8.78 Å². The average molecular weight is 277 g/mol. The van der Waals surface area contributed by atoms with Crippen LogP contribution in [0, 0.1) is 11.6 Å². The number of hydrogen-bond donors (Lipinski definition) is 0. The minimum absolute atomic E-state index is 0.0173. The highest BCUT2D eigenvalue weighted by Gasteiger charge is 2.18. The van der Waals surface area contributed by atoms with Crippen molar-refractivity contribution >= 4 is 16.1 Å². The van der Waals surface area contributed by atoms with Crippen LogP contribution >= 0.6 is 0 Å². The predicted octanol–water partition coefficient (Wildman–Crippen LogP) is 1.35. The molecule has 0 aliphatic carbocycles. The number of ether oxygens (including phenoxy) is 1. The first kappa shape index (κ1) is 14.3. The molecule has 1 rings (SSSR count). The first-order valence-corrected chi connectivity index (χ1v) is 5.86. The summed E-state index contributed by atoms with van der Waals surface area (Å²) in [5.41, 5.74) is -0.0173. The number of halogens is 2. The van der Waals surface area contributed by atoms with Crippen LogP contribution in [0.1, 0.15) is 6.92 Å². The minimum atomic E-state index is -5.28. The Morgan fingerprint density at radius 2 is 1.78 bits per heavy atom. The highest BCUT2D eigenvalue weighted by molar-refractivity contribution is 7.85. The molecule has 0 aliphatic rings. The molecular weight excluding hydrogens is 270 g/mol. The van der Waals surface area contributed by atoms with Crippen LogP contribution in [0.2, 0.25) is 0 Å². The number of carbonyl (C=O) groups is 1. The summed E-state index contributed by atoms with van der Waals surface area (Å²) in [6, 6.07) is 0.851. The topological polar surface area (TPSA) is 83.5 Å². The van der Waals surface area contributed by atoms with Gasteiger partial charge in [-0.1, -0.05) is 6.58 Å². The largest absolute Gasteiger partial charge is 0.744 e. The van der Waals surface area contributed by atoms with E-state index in [9.17, 15) is 26.5 Å². The summed E-state index contributed by atoms with van der Waals surface area (Å²) in [6.07, 6.45) is 0. The van der Waals surface area contributed by atoms with Gasteiger partial charge in [-0.3, -0.25) is 0 Å². The smallest absolute Gasteiger partial charge is 0.338 e. The molecule has 0 aliphatic heterocycles. The molecule has 0 bridgehead atoms. The quantitative estimate of drug-likeness (QED) is 0.360. The van der Waals surface area contributed by atoms with Gasteiger partial charge in [0.25, 0.3) is 0 Å². The lowest BCUT2D eigenvalue weighted by Gasteiger charge is -2.11. The van der Waals surface area contributed by atoms with E-state index in [1.54, 1.807) is 0 Å². The molecule has 0 spiro atoms. The van der Waals surface area contributed by atoms with Crippen LogP contribution in [0.5, 0.6) is 5.75 Å². The van der Waals surface area contributed by atoms with Crippen molar-refractivity contribution in [3.8, 4) is 5.75 Å². The SMILES string of the molecule is C=C(C)C(=O)Oc1cc(F)c(S(=O)(=O)[O-])c(F)c1. The molecule has 8 heteroatoms. The van der Waals surface area contributed by atoms with E-state index in [0.29, 0.717) is 12.1 Å². The van der Waals surface area contributed by atoms with Crippen molar-refractivity contribution in [1.82, 2.24) is 0 Å². The van der Waals surface area contributed by atoms with Gasteiger partial charge in [0.1, 0.15) is 32.4 Å². The van der Waals surface area contributed by atoms with Gasteiger partial charge in [0.15, 0.2) is 0 Å². The summed E-state index contributed by atoms with van der Waals surface area (Å²) in [5, 5.41) is 0. The van der Waals surface area contributed by atoms with Gasteiger partial charge in [-0.2, -0.15) is 0 Å². The summed E-state index contributed by atoms with van der Waals surface area (Å²) >= 11 is 0. The molecule has 0 saturated carbocycles. The van der Waals surface area contributed by atoms with Crippen molar-refractivity contribution in [1.29, 1.82) is 0 Å². The fourth-order valence-corrected chi connectivity index (χ4v) is 1.62. The molecule has 0 amide bonds. The van der Waals surface area contributed by atoms with Crippen LogP contribution in [0.25, 0.3) is 0 Å². The zero-order valence-electron chi connectivity index (χ0n) is 9.07. The second kappa shape index (κ2) is 4.83. The Kier molecular flexibility index (Phi) is 3.82. The molecule has 98 valence electrons. The van der Waals surface area contributed by atoms with Crippen LogP contribution < -0.4 is 4.74 Å². The Balaban J connectivity index is 3.24. The van der Waals surface area contributed by atoms with E-state index in [1.807, 2.05) is 0 Å². The van der Waals surface area contributed by atoms with Gasteiger partial charge >= 0.3 is 5.97 Å². The van der Waals surface area contributed by atoms with E-state index in [1.165, 1.54) is 6.92 Å². The van der Waals surface area contributed by atoms with Gasteiger partial charge < -0.3 is 9.29 Å². The molecule has 1 aromatic carbocycles. The molecule has 0 atom stereocenters. The summed E-state index contributed by atoms with van der Waals surface area (Å²) < 4.78 is 62.6. The second-order valence-corrected chi connectivity index (χ2v) is 4.66. The molecule has 18 heavy (non-hydrogen) atoms. The van der Waals surface area contributed by atoms with E-state index in [4.69, 9.17) is 0 Å². The Bertz CT molecular complexity index is 598. The zero-order valence-corrected chi connectivity index (χ0v) is 9.88. The van der Waals surface area contributed by atoms with E-state index in [2.05, 4.69) is 11.3 Å². The number of esters is 1. The predicted molar refractivity (Wildman–Crippen MR) is 54.8 cm³/mol. The summed E-state index contributed by atoms with van der Waals surface area (Å²) in [6.45, 7) is 4.56. The first-order chi connectivity index (χ1) is 8.12. The van der Waals surface area contributed by atoms with Crippen molar-refractivity contribution in [3.63, 3.8) is 0 Å². The fourth-order valence-electron chi connectivity index (χ4n) is 1.03. The lowest BCUT2D eigenvalue weighted by Crippen LogP contribution is -2.10. The van der Waals surface area contributed by atoms with Gasteiger partial charge in [0.05, 0.1) is 0 Å². The van der Waals surface area contributed by atoms with Gasteiger partial charge in [-0.15, -0.1) is 0 Å². The van der Waals surface area contributed by atoms with Crippen LogP contribution in [0.15, 0.2) is 29.2 Å². The normalized spacial score (nSPS) is 11.1. The molecule has 0 fully saturated rings. The maximum Gasteiger partial charge on any atom is 0.338 e. The standard InChI is InChI=1S/C10H8F2O5S/c1-5(2)10(13)17-6-3-7(11)9(8(12)4-6)18(14,15)16/h3-4H,1H2,2H3,(H,14,15,16)/p-1. The van der Waals surface area contributed by atoms with Gasteiger partial charge in [0.2, 0.25) is 0 Å². The maximum absolute atomic E-state index is 13.2. The van der Waals surface area contributed by atoms with Gasteiger partial charge in [0, 0.05) is 17.7 Å². The minimum Gasteiger partial charge on any atom is -0.744 e. The molecular formula is C10H7F2O5S-. The molecule has 0 heterocycles. The molecule has 5 nitrogen and oxygen atoms in total. The summed E-state index contributed by atoms with van der Waals surface area (Å²) in [5.74, 6) is -4.76. The Hall–Kier alpha value is -1.80. The van der Waals surface area contributed by atoms with Crippen LogP contribution in [-0.4, -0.2) is 18.9 Å². The highest BCUT2D eigenvalue weighted by Crippen LogP contribution is 2.24. The number of carbonyl (C=O) groups excluding carboxylic acids is 1. The van der Waals surface area contributed by atoms with Crippen molar-refractivity contribution < 1.29 is 31.3 Å². The van der Waals surface area contributed by atoms with E-state index < -0.39 is 38.4 Å². The van der Waals surface area contributed by atoms with Crippen LogP contribution in [0.3, 0.4) is 0 Å². The van der Waals surface area contributed by atoms with E-state index in [-0.39, 0.29) is 5.57 Å². The summed E-state index contributed by atoms with van der Waals surface area (Å²) in [7, 11) is -5.28. The Labute approximate surface area is 101 Å². The monoisotopic (exact) mass is 277 g/mol. The first-order valence-electron chi connectivity index (χ1n) is 4.45. The molecule has 0 unspecified atom stereocenters. The third kappa shape index (κ3) is 3.11. The average Bonchev–Trinajstić information content (AvgIpc) is 2.13. The molecule has 1 aromatic rings. The maximum atomic E-state index is 13.2. The molecule has 0 aromatic heterocycles. The molecule has 0 saturated heterocycles. The molecule has 0 N–H and O–H groups in total. The van der Waals surface area contributed by atoms with Crippen molar-refractivity contribution in [3.05, 3.63) is 35.9 Å². The van der Waals surface area contributed by atoms with Crippen molar-refractivity contribution in [2.24, 2.45) is 0 Å². The van der Waals surface area contributed by atoms with E-state index in [0.717, 1.165) is 0 Å². The zero-order chi connectivity index (χ0) is 14.1. The number of rotatable bonds is 3. The fraction of sp³-hybridized carbons (Fsp3) is 0.100. The third-order valence-corrected chi connectivity index (χ3v) is 2.67. The highest BCUT2D eigenvalue weighted by atomic mass is 32.2. The lowest BCUT2D eigenvalue weighted by molar-refractivity contribution is -0.130. The van der Waals surface area contributed by atoms with E-state index >= 15 is 0 Å². The molecule has 0 radical (unpaired) electrons. The second-order valence-electron chi connectivity index (χ2n) is 3.34. The number of hydrogen-bond acceptors (Lipinski definition) is 5. The van der Waals surface area contributed by atoms with Crippen molar-refractivity contribution in [2.45, 2.75) is 11.8 Å². The Morgan fingerprint density at radius 3 is 2.11 bits per heavy atom. The van der Waals surface area contributed by atoms with Crippen molar-refractivity contribution in [2.75, 3.05) is 0 Å². The third-order valence-electron chi connectivity index (χ3n) is 1.78. The Morgan fingerprint density at radius 1 is 1.33 bits per heavy atom. The van der Waals surface area contributed by atoms with Gasteiger partial charge in [-0.25, -0.2) is 22.0 Å². The summed E-state index contributed by atoms with van der Waals surface area (Å²) in [4.78, 5) is 9.46. The lowest BCUT2D eigenvalue weighted by atomic mass is 10.3. The van der Waals surface area contributed by atoms with Gasteiger partial charge in [-0.05, 0) is 6.92 Å². The number of benzene rings is 1. The van der Waals surface area contributed by atoms with Crippen LogP contribution in [-0.2, 0) is 14.9 Å².